The van der Waals surface area contributed by atoms with Crippen LogP contribution in [0.2, 0.25) is 0 Å². The summed E-state index contributed by atoms with van der Waals surface area (Å²) < 4.78 is 0. The molecule has 0 aromatic carbocycles. The molecule has 2 aromatic rings. The van der Waals surface area contributed by atoms with Gasteiger partial charge in [-0.2, -0.15) is 11.3 Å². The third kappa shape index (κ3) is 2.82. The number of hydrogen-bond donors (Lipinski definition) is 2. The van der Waals surface area contributed by atoms with Crippen LogP contribution in [0.1, 0.15) is 21.5 Å². The van der Waals surface area contributed by atoms with Gasteiger partial charge in [-0.25, -0.2) is 0 Å². The van der Waals surface area contributed by atoms with Crippen LogP contribution in [0.3, 0.4) is 0 Å². The zero-order chi connectivity index (χ0) is 12.3. The van der Waals surface area contributed by atoms with E-state index in [2.05, 4.69) is 10.3 Å². The molecule has 0 atom stereocenters. The number of hydrogen-bond acceptors (Lipinski definition) is 4. The number of aromatic nitrogens is 1. The van der Waals surface area contributed by atoms with Crippen molar-refractivity contribution in [3.05, 3.63) is 45.9 Å². The number of aromatic hydroxyl groups is 1. The highest BCUT2D eigenvalue weighted by Gasteiger charge is 2.07. The number of aryl methyl sites for hydroxylation is 1. The average molecular weight is 248 g/mol. The fraction of sp³-hybridized carbons (Fsp3) is 0.167. The van der Waals surface area contributed by atoms with Crippen LogP contribution < -0.4 is 5.32 Å². The monoisotopic (exact) mass is 248 g/mol. The summed E-state index contributed by atoms with van der Waals surface area (Å²) in [6.45, 7) is 2.50. The normalized spacial score (nSPS) is 10.2. The molecule has 0 aliphatic heterocycles. The molecule has 0 radical (unpaired) electrons. The second-order valence-corrected chi connectivity index (χ2v) is 4.44. The van der Waals surface area contributed by atoms with Crippen LogP contribution in [0.25, 0.3) is 0 Å². The highest BCUT2D eigenvalue weighted by atomic mass is 32.1. The van der Waals surface area contributed by atoms with Gasteiger partial charge in [-0.3, -0.25) is 9.78 Å². The Labute approximate surface area is 103 Å². The molecular weight excluding hydrogens is 236 g/mol. The second kappa shape index (κ2) is 4.97. The van der Waals surface area contributed by atoms with Gasteiger partial charge in [0.25, 0.3) is 5.91 Å². The average Bonchev–Trinajstić information content (AvgIpc) is 2.72. The van der Waals surface area contributed by atoms with E-state index in [9.17, 15) is 9.90 Å². The van der Waals surface area contributed by atoms with E-state index in [1.807, 2.05) is 17.7 Å². The van der Waals surface area contributed by atoms with Gasteiger partial charge < -0.3 is 10.4 Å². The minimum absolute atomic E-state index is 0.00985. The molecule has 4 nitrogen and oxygen atoms in total. The van der Waals surface area contributed by atoms with E-state index in [1.165, 1.54) is 24.0 Å². The molecule has 0 saturated heterocycles. The van der Waals surface area contributed by atoms with Gasteiger partial charge in [0.05, 0.1) is 11.8 Å². The van der Waals surface area contributed by atoms with E-state index < -0.39 is 0 Å². The molecule has 2 N–H and O–H groups in total. The fourth-order valence-electron chi connectivity index (χ4n) is 1.40. The standard InChI is InChI=1S/C12H12N2O2S/c1-8-6-17-7-10(8)4-14-12(16)9-2-11(15)5-13-3-9/h2-3,5-7,15H,4H2,1H3,(H,14,16). The number of pyridine rings is 1. The molecule has 2 heterocycles. The molecule has 2 rings (SSSR count). The van der Waals surface area contributed by atoms with Crippen LogP contribution in [0.5, 0.6) is 5.75 Å². The Morgan fingerprint density at radius 2 is 2.29 bits per heavy atom. The fourth-order valence-corrected chi connectivity index (χ4v) is 2.25. The van der Waals surface area contributed by atoms with Crippen molar-refractivity contribution in [2.45, 2.75) is 13.5 Å². The van der Waals surface area contributed by atoms with Crippen LogP contribution in [0, 0.1) is 6.92 Å². The van der Waals surface area contributed by atoms with Gasteiger partial charge in [-0.05, 0) is 34.9 Å². The highest BCUT2D eigenvalue weighted by molar-refractivity contribution is 7.08. The molecule has 17 heavy (non-hydrogen) atoms. The first-order chi connectivity index (χ1) is 8.16. The third-order valence-electron chi connectivity index (χ3n) is 2.39. The highest BCUT2D eigenvalue weighted by Crippen LogP contribution is 2.13. The van der Waals surface area contributed by atoms with Crippen molar-refractivity contribution >= 4 is 17.2 Å². The van der Waals surface area contributed by atoms with E-state index in [0.29, 0.717) is 12.1 Å². The van der Waals surface area contributed by atoms with E-state index in [1.54, 1.807) is 11.3 Å². The number of rotatable bonds is 3. The lowest BCUT2D eigenvalue weighted by Crippen LogP contribution is -2.22. The summed E-state index contributed by atoms with van der Waals surface area (Å²) >= 11 is 1.61. The molecule has 0 spiro atoms. The Hall–Kier alpha value is -1.88. The molecule has 0 aliphatic rings. The van der Waals surface area contributed by atoms with Crippen molar-refractivity contribution < 1.29 is 9.90 Å². The molecular formula is C12H12N2O2S. The van der Waals surface area contributed by atoms with E-state index >= 15 is 0 Å². The minimum atomic E-state index is -0.237. The molecule has 0 bridgehead atoms. The SMILES string of the molecule is Cc1cscc1CNC(=O)c1cncc(O)c1. The van der Waals surface area contributed by atoms with Crippen molar-refractivity contribution in [1.29, 1.82) is 0 Å². The lowest BCUT2D eigenvalue weighted by Gasteiger charge is -2.04. The number of nitrogens with zero attached hydrogens (tertiary/aromatic N) is 1. The van der Waals surface area contributed by atoms with Crippen LogP contribution >= 0.6 is 11.3 Å². The first-order valence-corrected chi connectivity index (χ1v) is 6.05. The summed E-state index contributed by atoms with van der Waals surface area (Å²) in [7, 11) is 0. The Morgan fingerprint density at radius 3 is 2.94 bits per heavy atom. The first-order valence-electron chi connectivity index (χ1n) is 5.10. The molecule has 0 aliphatic carbocycles. The number of thiophene rings is 1. The summed E-state index contributed by atoms with van der Waals surface area (Å²) in [5, 5.41) is 16.1. The summed E-state index contributed by atoms with van der Waals surface area (Å²) in [5.74, 6) is -0.247. The van der Waals surface area contributed by atoms with Gasteiger partial charge in [-0.1, -0.05) is 0 Å². The molecule has 0 unspecified atom stereocenters. The van der Waals surface area contributed by atoms with E-state index in [4.69, 9.17) is 0 Å². The molecule has 88 valence electrons. The van der Waals surface area contributed by atoms with Crippen molar-refractivity contribution in [1.82, 2.24) is 10.3 Å². The minimum Gasteiger partial charge on any atom is -0.506 e. The zero-order valence-electron chi connectivity index (χ0n) is 9.30. The van der Waals surface area contributed by atoms with Gasteiger partial charge in [0.2, 0.25) is 0 Å². The number of carbonyl (C=O) groups excluding carboxylic acids is 1. The van der Waals surface area contributed by atoms with Gasteiger partial charge in [0.15, 0.2) is 0 Å². The van der Waals surface area contributed by atoms with Crippen molar-refractivity contribution in [3.8, 4) is 5.75 Å². The van der Waals surface area contributed by atoms with E-state index in [0.717, 1.165) is 5.56 Å². The van der Waals surface area contributed by atoms with Crippen molar-refractivity contribution in [3.63, 3.8) is 0 Å². The van der Waals surface area contributed by atoms with Crippen LogP contribution in [-0.2, 0) is 6.54 Å². The lowest BCUT2D eigenvalue weighted by molar-refractivity contribution is 0.0950. The Bertz CT molecular complexity index is 537. The van der Waals surface area contributed by atoms with Gasteiger partial charge >= 0.3 is 0 Å². The van der Waals surface area contributed by atoms with Gasteiger partial charge in [0.1, 0.15) is 5.75 Å². The topological polar surface area (TPSA) is 62.2 Å². The van der Waals surface area contributed by atoms with Crippen LogP contribution in [0.4, 0.5) is 0 Å². The number of amides is 1. The first kappa shape index (κ1) is 11.6. The maximum atomic E-state index is 11.7. The quantitative estimate of drug-likeness (QED) is 0.874. The number of nitrogens with one attached hydrogen (secondary N) is 1. The van der Waals surface area contributed by atoms with E-state index in [-0.39, 0.29) is 11.7 Å². The van der Waals surface area contributed by atoms with Crippen molar-refractivity contribution in [2.75, 3.05) is 0 Å². The van der Waals surface area contributed by atoms with Crippen molar-refractivity contribution in [2.24, 2.45) is 0 Å². The summed E-state index contributed by atoms with van der Waals surface area (Å²) in [5.41, 5.74) is 2.64. The van der Waals surface area contributed by atoms with Crippen LogP contribution in [0.15, 0.2) is 29.2 Å². The molecule has 1 amide bonds. The zero-order valence-corrected chi connectivity index (χ0v) is 10.1. The van der Waals surface area contributed by atoms with Gasteiger partial charge in [0, 0.05) is 12.7 Å². The third-order valence-corrected chi connectivity index (χ3v) is 3.30. The summed E-state index contributed by atoms with van der Waals surface area (Å²) in [6, 6.07) is 1.39. The Balaban J connectivity index is 2.01. The molecule has 0 fully saturated rings. The second-order valence-electron chi connectivity index (χ2n) is 3.69. The predicted octanol–water partition coefficient (Wildman–Crippen LogP) is 2.09. The predicted molar refractivity (Wildman–Crippen MR) is 66.1 cm³/mol. The maximum absolute atomic E-state index is 11.7. The number of carbonyl (C=O) groups is 1. The van der Waals surface area contributed by atoms with Crippen LogP contribution in [-0.4, -0.2) is 16.0 Å². The molecule has 0 saturated carbocycles. The molecule has 2 aromatic heterocycles. The van der Waals surface area contributed by atoms with Gasteiger partial charge in [-0.15, -0.1) is 0 Å². The Kier molecular flexibility index (Phi) is 3.39. The molecule has 5 heteroatoms. The maximum Gasteiger partial charge on any atom is 0.253 e. The Morgan fingerprint density at radius 1 is 1.47 bits per heavy atom. The summed E-state index contributed by atoms with van der Waals surface area (Å²) in [4.78, 5) is 15.5. The lowest BCUT2D eigenvalue weighted by atomic mass is 10.2. The summed E-state index contributed by atoms with van der Waals surface area (Å²) in [6.07, 6.45) is 2.72. The smallest absolute Gasteiger partial charge is 0.253 e. The largest absolute Gasteiger partial charge is 0.506 e.